The monoisotopic (exact) mass is 223 g/mol. The number of aromatic nitrogens is 2. The van der Waals surface area contributed by atoms with Gasteiger partial charge in [-0.15, -0.1) is 0 Å². The van der Waals surface area contributed by atoms with E-state index in [9.17, 15) is 0 Å². The number of rotatable bonds is 3. The molecule has 0 saturated carbocycles. The van der Waals surface area contributed by atoms with Crippen LogP contribution in [0.15, 0.2) is 12.4 Å². The van der Waals surface area contributed by atoms with Crippen LogP contribution in [0, 0.1) is 12.8 Å². The lowest BCUT2D eigenvalue weighted by Crippen LogP contribution is -2.20. The topological polar surface area (TPSA) is 37.8 Å². The SMILES string of the molecule is Cc1cnc(NCC2CCSCC2)nc1. The molecule has 0 atom stereocenters. The Balaban J connectivity index is 1.79. The van der Waals surface area contributed by atoms with E-state index >= 15 is 0 Å². The van der Waals surface area contributed by atoms with Crippen molar-refractivity contribution in [2.45, 2.75) is 19.8 Å². The second-order valence-corrected chi connectivity index (χ2v) is 5.25. The van der Waals surface area contributed by atoms with E-state index in [2.05, 4.69) is 27.0 Å². The summed E-state index contributed by atoms with van der Waals surface area (Å²) in [5.41, 5.74) is 1.11. The van der Waals surface area contributed by atoms with E-state index < -0.39 is 0 Å². The van der Waals surface area contributed by atoms with Gasteiger partial charge in [-0.1, -0.05) is 0 Å². The van der Waals surface area contributed by atoms with Crippen LogP contribution in [-0.2, 0) is 0 Å². The largest absolute Gasteiger partial charge is 0.354 e. The minimum atomic E-state index is 0.763. The maximum atomic E-state index is 4.24. The number of hydrogen-bond donors (Lipinski definition) is 1. The van der Waals surface area contributed by atoms with E-state index in [0.29, 0.717) is 0 Å². The van der Waals surface area contributed by atoms with Crippen LogP contribution in [0.5, 0.6) is 0 Å². The summed E-state index contributed by atoms with van der Waals surface area (Å²) in [6.45, 7) is 3.02. The van der Waals surface area contributed by atoms with Crippen LogP contribution in [0.1, 0.15) is 18.4 Å². The molecule has 0 spiro atoms. The van der Waals surface area contributed by atoms with E-state index in [1.165, 1.54) is 24.3 Å². The van der Waals surface area contributed by atoms with Gasteiger partial charge in [0.2, 0.25) is 5.95 Å². The molecule has 0 unspecified atom stereocenters. The summed E-state index contributed by atoms with van der Waals surface area (Å²) in [5.74, 6) is 4.18. The number of anilines is 1. The van der Waals surface area contributed by atoms with Gasteiger partial charge in [0.25, 0.3) is 0 Å². The number of hydrogen-bond acceptors (Lipinski definition) is 4. The van der Waals surface area contributed by atoms with Gasteiger partial charge in [-0.25, -0.2) is 9.97 Å². The zero-order valence-electron chi connectivity index (χ0n) is 9.07. The third kappa shape index (κ3) is 3.38. The molecule has 0 amide bonds. The minimum Gasteiger partial charge on any atom is -0.354 e. The Hall–Kier alpha value is -0.770. The molecule has 1 aromatic heterocycles. The van der Waals surface area contributed by atoms with Crippen LogP contribution in [0.2, 0.25) is 0 Å². The van der Waals surface area contributed by atoms with Crippen molar-refractivity contribution in [3.05, 3.63) is 18.0 Å². The van der Waals surface area contributed by atoms with Gasteiger partial charge in [-0.05, 0) is 42.8 Å². The van der Waals surface area contributed by atoms with Crippen LogP contribution < -0.4 is 5.32 Å². The van der Waals surface area contributed by atoms with Crippen molar-refractivity contribution < 1.29 is 0 Å². The van der Waals surface area contributed by atoms with Crippen molar-refractivity contribution in [1.82, 2.24) is 9.97 Å². The molecular formula is C11H17N3S. The normalized spacial score (nSPS) is 17.7. The van der Waals surface area contributed by atoms with Gasteiger partial charge in [-0.2, -0.15) is 11.8 Å². The first kappa shape index (κ1) is 10.7. The second kappa shape index (κ2) is 5.35. The van der Waals surface area contributed by atoms with Crippen LogP contribution in [-0.4, -0.2) is 28.0 Å². The van der Waals surface area contributed by atoms with E-state index in [-0.39, 0.29) is 0 Å². The van der Waals surface area contributed by atoms with Gasteiger partial charge in [0, 0.05) is 18.9 Å². The summed E-state index contributed by atoms with van der Waals surface area (Å²) in [6.07, 6.45) is 6.35. The Kier molecular flexibility index (Phi) is 3.83. The lowest BCUT2D eigenvalue weighted by molar-refractivity contribution is 0.514. The fraction of sp³-hybridized carbons (Fsp3) is 0.636. The summed E-state index contributed by atoms with van der Waals surface area (Å²) >= 11 is 2.06. The summed E-state index contributed by atoms with van der Waals surface area (Å²) < 4.78 is 0. The summed E-state index contributed by atoms with van der Waals surface area (Å²) in [7, 11) is 0. The van der Waals surface area contributed by atoms with Crippen molar-refractivity contribution in [1.29, 1.82) is 0 Å². The third-order valence-corrected chi connectivity index (χ3v) is 3.72. The van der Waals surface area contributed by atoms with E-state index in [4.69, 9.17) is 0 Å². The van der Waals surface area contributed by atoms with Crippen LogP contribution >= 0.6 is 11.8 Å². The van der Waals surface area contributed by atoms with Gasteiger partial charge in [0.1, 0.15) is 0 Å². The molecule has 1 aromatic rings. The molecule has 1 aliphatic rings. The first-order valence-corrected chi connectivity index (χ1v) is 6.60. The molecule has 2 rings (SSSR count). The Morgan fingerprint density at radius 3 is 2.67 bits per heavy atom. The molecule has 4 heteroatoms. The second-order valence-electron chi connectivity index (χ2n) is 4.02. The smallest absolute Gasteiger partial charge is 0.222 e. The third-order valence-electron chi connectivity index (χ3n) is 2.67. The molecule has 82 valence electrons. The zero-order valence-corrected chi connectivity index (χ0v) is 9.89. The highest BCUT2D eigenvalue weighted by molar-refractivity contribution is 7.99. The molecule has 1 saturated heterocycles. The summed E-state index contributed by atoms with van der Waals surface area (Å²) in [4.78, 5) is 8.47. The molecule has 1 N–H and O–H groups in total. The first-order chi connectivity index (χ1) is 7.34. The molecule has 3 nitrogen and oxygen atoms in total. The molecule has 0 aliphatic carbocycles. The quantitative estimate of drug-likeness (QED) is 0.853. The molecule has 0 radical (unpaired) electrons. The van der Waals surface area contributed by atoms with Gasteiger partial charge in [0.15, 0.2) is 0 Å². The van der Waals surface area contributed by atoms with Crippen molar-refractivity contribution in [3.8, 4) is 0 Å². The van der Waals surface area contributed by atoms with Crippen molar-refractivity contribution in [2.75, 3.05) is 23.4 Å². The van der Waals surface area contributed by atoms with Gasteiger partial charge in [-0.3, -0.25) is 0 Å². The predicted octanol–water partition coefficient (Wildman–Crippen LogP) is 2.34. The highest BCUT2D eigenvalue weighted by atomic mass is 32.2. The Morgan fingerprint density at radius 2 is 2.00 bits per heavy atom. The summed E-state index contributed by atoms with van der Waals surface area (Å²) in [6, 6.07) is 0. The number of thioether (sulfide) groups is 1. The van der Waals surface area contributed by atoms with Crippen molar-refractivity contribution in [3.63, 3.8) is 0 Å². The van der Waals surface area contributed by atoms with E-state index in [1.807, 2.05) is 19.3 Å². The molecule has 0 aromatic carbocycles. The van der Waals surface area contributed by atoms with Gasteiger partial charge >= 0.3 is 0 Å². The highest BCUT2D eigenvalue weighted by Crippen LogP contribution is 2.22. The molecule has 0 bridgehead atoms. The van der Waals surface area contributed by atoms with Crippen molar-refractivity contribution in [2.24, 2.45) is 5.92 Å². The Labute approximate surface area is 95.1 Å². The summed E-state index contributed by atoms with van der Waals surface area (Å²) in [5, 5.41) is 3.31. The molecule has 1 fully saturated rings. The van der Waals surface area contributed by atoms with E-state index in [1.54, 1.807) is 0 Å². The number of aryl methyl sites for hydroxylation is 1. The lowest BCUT2D eigenvalue weighted by Gasteiger charge is -2.21. The average Bonchev–Trinajstić information content (AvgIpc) is 2.30. The van der Waals surface area contributed by atoms with E-state index in [0.717, 1.165) is 24.0 Å². The number of nitrogens with one attached hydrogen (secondary N) is 1. The fourth-order valence-corrected chi connectivity index (χ4v) is 2.87. The van der Waals surface area contributed by atoms with Crippen LogP contribution in [0.3, 0.4) is 0 Å². The molecule has 2 heterocycles. The van der Waals surface area contributed by atoms with Gasteiger partial charge in [0.05, 0.1) is 0 Å². The zero-order chi connectivity index (χ0) is 10.5. The average molecular weight is 223 g/mol. The molecular weight excluding hydrogens is 206 g/mol. The molecule has 1 aliphatic heterocycles. The Morgan fingerprint density at radius 1 is 1.33 bits per heavy atom. The Bertz CT molecular complexity index is 293. The standard InChI is InChI=1S/C11H17N3S/c1-9-6-12-11(13-7-9)14-8-10-2-4-15-5-3-10/h6-7,10H,2-5,8H2,1H3,(H,12,13,14). The van der Waals surface area contributed by atoms with Gasteiger partial charge < -0.3 is 5.32 Å². The highest BCUT2D eigenvalue weighted by Gasteiger charge is 2.13. The maximum Gasteiger partial charge on any atom is 0.222 e. The lowest BCUT2D eigenvalue weighted by atomic mass is 10.0. The first-order valence-electron chi connectivity index (χ1n) is 5.45. The van der Waals surface area contributed by atoms with Crippen molar-refractivity contribution >= 4 is 17.7 Å². The van der Waals surface area contributed by atoms with Crippen LogP contribution in [0.4, 0.5) is 5.95 Å². The maximum absolute atomic E-state index is 4.24. The predicted molar refractivity (Wildman–Crippen MR) is 65.3 cm³/mol. The minimum absolute atomic E-state index is 0.763. The molecule has 15 heavy (non-hydrogen) atoms. The fourth-order valence-electron chi connectivity index (χ4n) is 1.67. The number of nitrogens with zero attached hydrogens (tertiary/aromatic N) is 2. The van der Waals surface area contributed by atoms with Crippen LogP contribution in [0.25, 0.3) is 0 Å².